The third kappa shape index (κ3) is 5.15. The number of carbonyl (C=O) groups excluding carboxylic acids is 3. The van der Waals surface area contributed by atoms with E-state index in [1.165, 1.54) is 0 Å². The zero-order valence-corrected chi connectivity index (χ0v) is 16.3. The molecule has 0 aliphatic heterocycles. The number of halogens is 3. The predicted octanol–water partition coefficient (Wildman–Crippen LogP) is 2.33. The number of methoxy groups -OCH3 is 2. The van der Waals surface area contributed by atoms with E-state index in [1.54, 1.807) is 0 Å². The monoisotopic (exact) mass is 444 g/mol. The van der Waals surface area contributed by atoms with Crippen molar-refractivity contribution in [3.8, 4) is 0 Å². The summed E-state index contributed by atoms with van der Waals surface area (Å²) >= 11 is 0. The third-order valence-corrected chi connectivity index (χ3v) is 3.98. The second kappa shape index (κ2) is 8.81. The fraction of sp³-hybridized carbons (Fsp3) is 0.294. The number of rotatable bonds is 6. The SMILES string of the molecule is COC(=O)c1cc(NC(=O)Cn2nc(C(F)(F)F)c([N+](=O)[O-])c2C)cc(C(=O)OC)c1. The first kappa shape index (κ1) is 23.3. The molecule has 1 N–H and O–H groups in total. The highest BCUT2D eigenvalue weighted by Gasteiger charge is 2.44. The van der Waals surface area contributed by atoms with Crippen molar-refractivity contribution in [3.05, 3.63) is 50.8 Å². The summed E-state index contributed by atoms with van der Waals surface area (Å²) in [4.78, 5) is 45.6. The van der Waals surface area contributed by atoms with Gasteiger partial charge in [0, 0.05) is 5.69 Å². The van der Waals surface area contributed by atoms with Gasteiger partial charge in [-0.2, -0.15) is 18.3 Å². The van der Waals surface area contributed by atoms with Crippen molar-refractivity contribution in [2.45, 2.75) is 19.6 Å². The molecule has 1 aromatic carbocycles. The van der Waals surface area contributed by atoms with Crippen LogP contribution >= 0.6 is 0 Å². The molecule has 0 aliphatic carbocycles. The zero-order chi connectivity index (χ0) is 23.5. The Bertz CT molecular complexity index is 1030. The number of carbonyl (C=O) groups is 3. The Balaban J connectivity index is 2.36. The fourth-order valence-electron chi connectivity index (χ4n) is 2.61. The number of nitrogens with one attached hydrogen (secondary N) is 1. The van der Waals surface area contributed by atoms with Crippen LogP contribution in [0.5, 0.6) is 0 Å². The van der Waals surface area contributed by atoms with Gasteiger partial charge in [-0.05, 0) is 25.1 Å². The van der Waals surface area contributed by atoms with E-state index in [-0.39, 0.29) is 16.8 Å². The van der Waals surface area contributed by atoms with Gasteiger partial charge >= 0.3 is 23.8 Å². The Morgan fingerprint density at radius 3 is 2.03 bits per heavy atom. The van der Waals surface area contributed by atoms with Crippen molar-refractivity contribution < 1.29 is 42.0 Å². The van der Waals surface area contributed by atoms with Gasteiger partial charge in [-0.15, -0.1) is 0 Å². The zero-order valence-electron chi connectivity index (χ0n) is 16.3. The van der Waals surface area contributed by atoms with E-state index < -0.39 is 52.6 Å². The first-order valence-electron chi connectivity index (χ1n) is 8.29. The van der Waals surface area contributed by atoms with Crippen molar-refractivity contribution in [2.24, 2.45) is 0 Å². The maximum atomic E-state index is 13.0. The summed E-state index contributed by atoms with van der Waals surface area (Å²) < 4.78 is 48.7. The molecule has 1 aromatic heterocycles. The van der Waals surface area contributed by atoms with Gasteiger partial charge in [-0.25, -0.2) is 9.59 Å². The van der Waals surface area contributed by atoms with Crippen LogP contribution in [0.1, 0.15) is 32.1 Å². The minimum Gasteiger partial charge on any atom is -0.465 e. The number of ether oxygens (including phenoxy) is 2. The molecule has 0 spiro atoms. The normalized spacial score (nSPS) is 11.0. The lowest BCUT2D eigenvalue weighted by Gasteiger charge is -2.10. The van der Waals surface area contributed by atoms with Crippen LogP contribution in [-0.2, 0) is 27.0 Å². The summed E-state index contributed by atoms with van der Waals surface area (Å²) in [6.45, 7) is 0.208. The standard InChI is InChI=1S/C17H15F3N4O7/c1-8-13(24(28)29)14(17(18,19)20)22-23(8)7-12(25)21-11-5-9(15(26)30-2)4-10(6-11)16(27)31-3/h4-6H,7H2,1-3H3,(H,21,25). The molecule has 0 saturated heterocycles. The summed E-state index contributed by atoms with van der Waals surface area (Å²) in [7, 11) is 2.19. The summed E-state index contributed by atoms with van der Waals surface area (Å²) in [5.41, 5.74) is -3.75. The Labute approximate surface area is 171 Å². The summed E-state index contributed by atoms with van der Waals surface area (Å²) in [5.74, 6) is -2.57. The third-order valence-electron chi connectivity index (χ3n) is 3.98. The number of hydrogen-bond donors (Lipinski definition) is 1. The van der Waals surface area contributed by atoms with Crippen LogP contribution in [0.25, 0.3) is 0 Å². The van der Waals surface area contributed by atoms with Gasteiger partial charge in [0.25, 0.3) is 0 Å². The summed E-state index contributed by atoms with van der Waals surface area (Å²) in [5, 5.41) is 16.4. The lowest BCUT2D eigenvalue weighted by atomic mass is 10.1. The molecule has 0 bridgehead atoms. The summed E-state index contributed by atoms with van der Waals surface area (Å²) in [6, 6.07) is 3.48. The Morgan fingerprint density at radius 1 is 1.13 bits per heavy atom. The van der Waals surface area contributed by atoms with E-state index in [2.05, 4.69) is 19.9 Å². The number of esters is 2. The van der Waals surface area contributed by atoms with Crippen LogP contribution in [0.15, 0.2) is 18.2 Å². The number of aromatic nitrogens is 2. The first-order valence-corrected chi connectivity index (χ1v) is 8.29. The largest absolute Gasteiger partial charge is 0.465 e. The first-order chi connectivity index (χ1) is 14.4. The van der Waals surface area contributed by atoms with Gasteiger partial charge in [0.05, 0.1) is 30.3 Å². The molecule has 0 unspecified atom stereocenters. The van der Waals surface area contributed by atoms with Gasteiger partial charge in [-0.1, -0.05) is 0 Å². The van der Waals surface area contributed by atoms with Gasteiger partial charge in [-0.3, -0.25) is 19.6 Å². The molecular formula is C17H15F3N4O7. The minimum absolute atomic E-state index is 0.0661. The number of alkyl halides is 3. The Kier molecular flexibility index (Phi) is 6.62. The van der Waals surface area contributed by atoms with Crippen molar-refractivity contribution in [1.29, 1.82) is 0 Å². The fourth-order valence-corrected chi connectivity index (χ4v) is 2.61. The van der Waals surface area contributed by atoms with E-state index >= 15 is 0 Å². The lowest BCUT2D eigenvalue weighted by Crippen LogP contribution is -2.21. The van der Waals surface area contributed by atoms with Crippen LogP contribution in [0.2, 0.25) is 0 Å². The molecule has 14 heteroatoms. The molecule has 2 aromatic rings. The number of hydrogen-bond acceptors (Lipinski definition) is 8. The maximum Gasteiger partial charge on any atom is 0.442 e. The van der Waals surface area contributed by atoms with Gasteiger partial charge in [0.15, 0.2) is 0 Å². The molecule has 0 aliphatic rings. The molecular weight excluding hydrogens is 429 g/mol. The molecule has 0 radical (unpaired) electrons. The lowest BCUT2D eigenvalue weighted by molar-refractivity contribution is -0.388. The number of amides is 1. The van der Waals surface area contributed by atoms with Gasteiger partial charge < -0.3 is 14.8 Å². The molecule has 1 amide bonds. The molecule has 0 fully saturated rings. The van der Waals surface area contributed by atoms with Crippen molar-refractivity contribution in [2.75, 3.05) is 19.5 Å². The molecule has 166 valence electrons. The molecule has 1 heterocycles. The van der Waals surface area contributed by atoms with E-state index in [0.717, 1.165) is 39.3 Å². The van der Waals surface area contributed by atoms with Crippen LogP contribution < -0.4 is 5.32 Å². The Hall–Kier alpha value is -3.97. The van der Waals surface area contributed by atoms with Crippen LogP contribution in [0, 0.1) is 17.0 Å². The maximum absolute atomic E-state index is 13.0. The molecule has 0 saturated carbocycles. The smallest absolute Gasteiger partial charge is 0.442 e. The molecule has 31 heavy (non-hydrogen) atoms. The van der Waals surface area contributed by atoms with Crippen LogP contribution in [0.3, 0.4) is 0 Å². The number of anilines is 1. The van der Waals surface area contributed by atoms with Crippen molar-refractivity contribution in [1.82, 2.24) is 9.78 Å². The highest BCUT2D eigenvalue weighted by molar-refractivity contribution is 5.99. The predicted molar refractivity (Wildman–Crippen MR) is 96.4 cm³/mol. The average Bonchev–Trinajstić information content (AvgIpc) is 3.02. The number of nitro groups is 1. The second-order valence-corrected chi connectivity index (χ2v) is 6.03. The number of benzene rings is 1. The molecule has 2 rings (SSSR count). The molecule has 11 nitrogen and oxygen atoms in total. The quantitative estimate of drug-likeness (QED) is 0.406. The highest BCUT2D eigenvalue weighted by Crippen LogP contribution is 2.36. The highest BCUT2D eigenvalue weighted by atomic mass is 19.4. The minimum atomic E-state index is -5.10. The topological polar surface area (TPSA) is 143 Å². The Morgan fingerprint density at radius 2 is 1.65 bits per heavy atom. The molecule has 0 atom stereocenters. The van der Waals surface area contributed by atoms with E-state index in [0.29, 0.717) is 4.68 Å². The van der Waals surface area contributed by atoms with Crippen LogP contribution in [-0.4, -0.2) is 46.8 Å². The van der Waals surface area contributed by atoms with E-state index in [1.807, 2.05) is 0 Å². The van der Waals surface area contributed by atoms with E-state index in [9.17, 15) is 37.7 Å². The van der Waals surface area contributed by atoms with Gasteiger partial charge in [0.1, 0.15) is 12.2 Å². The summed E-state index contributed by atoms with van der Waals surface area (Å²) in [6.07, 6.45) is -5.10. The van der Waals surface area contributed by atoms with Crippen LogP contribution in [0.4, 0.5) is 24.5 Å². The average molecular weight is 444 g/mol. The van der Waals surface area contributed by atoms with E-state index in [4.69, 9.17) is 0 Å². The van der Waals surface area contributed by atoms with Crippen molar-refractivity contribution in [3.63, 3.8) is 0 Å². The van der Waals surface area contributed by atoms with Gasteiger partial charge in [0.2, 0.25) is 11.6 Å². The number of nitrogens with zero attached hydrogens (tertiary/aromatic N) is 3. The second-order valence-electron chi connectivity index (χ2n) is 6.03. The van der Waals surface area contributed by atoms with Crippen molar-refractivity contribution >= 4 is 29.2 Å².